The number of hydrogen-bond acceptors (Lipinski definition) is 8. The maximum absolute atomic E-state index is 12.6. The zero-order chi connectivity index (χ0) is 21.0. The quantitative estimate of drug-likeness (QED) is 0.444. The Balaban J connectivity index is 1.88. The molecule has 0 atom stereocenters. The van der Waals surface area contributed by atoms with Gasteiger partial charge >= 0.3 is 11.9 Å². The number of esters is 1. The number of rotatable bonds is 6. The predicted octanol–water partition coefficient (Wildman–Crippen LogP) is 2.37. The number of benzene rings is 1. The monoisotopic (exact) mass is 402 g/mol. The summed E-state index contributed by atoms with van der Waals surface area (Å²) < 4.78 is 9.73. The van der Waals surface area contributed by atoms with Gasteiger partial charge in [0.2, 0.25) is 0 Å². The standard InChI is InChI=1S/C19H22N4O6/c1-3-21-8-10-22(11-9-21)15-5-4-13(19(25)28-2)12-14(15)20-18(24)16-6-7-17(29-16)23(26)27/h4-7,12H,3,8-11H2,1-2H3,(H,20,24). The van der Waals surface area contributed by atoms with Crippen LogP contribution in [0.15, 0.2) is 34.7 Å². The van der Waals surface area contributed by atoms with Crippen LogP contribution in [-0.2, 0) is 4.74 Å². The van der Waals surface area contributed by atoms with Crippen molar-refractivity contribution in [2.45, 2.75) is 6.92 Å². The molecule has 1 aliphatic heterocycles. The Morgan fingerprint density at radius 2 is 1.93 bits per heavy atom. The molecule has 29 heavy (non-hydrogen) atoms. The van der Waals surface area contributed by atoms with Gasteiger partial charge in [0.1, 0.15) is 4.92 Å². The van der Waals surface area contributed by atoms with E-state index in [2.05, 4.69) is 22.0 Å². The number of carbonyl (C=O) groups is 2. The van der Waals surface area contributed by atoms with Crippen LogP contribution in [0.25, 0.3) is 0 Å². The highest BCUT2D eigenvalue weighted by atomic mass is 16.6. The smallest absolute Gasteiger partial charge is 0.433 e. The largest absolute Gasteiger partial charge is 0.465 e. The van der Waals surface area contributed by atoms with Crippen LogP contribution in [0.5, 0.6) is 0 Å². The number of likely N-dealkylation sites (N-methyl/N-ethyl adjacent to an activating group) is 1. The van der Waals surface area contributed by atoms with Gasteiger partial charge in [-0.3, -0.25) is 14.9 Å². The SMILES string of the molecule is CCN1CCN(c2ccc(C(=O)OC)cc2NC(=O)c2ccc([N+](=O)[O-])o2)CC1. The van der Waals surface area contributed by atoms with Crippen LogP contribution >= 0.6 is 0 Å². The summed E-state index contributed by atoms with van der Waals surface area (Å²) in [6.07, 6.45) is 0. The molecule has 1 fully saturated rings. The van der Waals surface area contributed by atoms with E-state index in [9.17, 15) is 19.7 Å². The fourth-order valence-corrected chi connectivity index (χ4v) is 3.19. The van der Waals surface area contributed by atoms with Crippen molar-refractivity contribution in [1.82, 2.24) is 4.90 Å². The first-order chi connectivity index (χ1) is 13.9. The summed E-state index contributed by atoms with van der Waals surface area (Å²) in [5, 5.41) is 13.5. The number of nitrogens with zero attached hydrogens (tertiary/aromatic N) is 3. The molecule has 1 aromatic heterocycles. The lowest BCUT2D eigenvalue weighted by molar-refractivity contribution is -0.402. The molecule has 0 radical (unpaired) electrons. The molecular weight excluding hydrogens is 380 g/mol. The van der Waals surface area contributed by atoms with Gasteiger partial charge in [-0.1, -0.05) is 6.92 Å². The number of piperazine rings is 1. The average molecular weight is 402 g/mol. The molecule has 2 heterocycles. The Labute approximate surface area is 167 Å². The summed E-state index contributed by atoms with van der Waals surface area (Å²) in [6, 6.07) is 7.28. The summed E-state index contributed by atoms with van der Waals surface area (Å²) in [7, 11) is 1.28. The number of methoxy groups -OCH3 is 1. The lowest BCUT2D eigenvalue weighted by atomic mass is 10.1. The molecule has 0 spiro atoms. The lowest BCUT2D eigenvalue weighted by Gasteiger charge is -2.36. The van der Waals surface area contributed by atoms with Gasteiger partial charge in [-0.2, -0.15) is 0 Å². The third kappa shape index (κ3) is 4.54. The van der Waals surface area contributed by atoms with Gasteiger partial charge in [-0.25, -0.2) is 4.79 Å². The first-order valence-corrected chi connectivity index (χ1v) is 9.18. The second-order valence-electron chi connectivity index (χ2n) is 6.49. The number of anilines is 2. The van der Waals surface area contributed by atoms with E-state index in [-0.39, 0.29) is 11.3 Å². The van der Waals surface area contributed by atoms with Gasteiger partial charge in [0.25, 0.3) is 5.91 Å². The van der Waals surface area contributed by atoms with E-state index in [0.29, 0.717) is 5.69 Å². The first kappa shape index (κ1) is 20.3. The number of hydrogen-bond donors (Lipinski definition) is 1. The topological polar surface area (TPSA) is 118 Å². The van der Waals surface area contributed by atoms with Crippen LogP contribution in [0.4, 0.5) is 17.3 Å². The van der Waals surface area contributed by atoms with E-state index in [0.717, 1.165) is 44.5 Å². The highest BCUT2D eigenvalue weighted by molar-refractivity contribution is 6.05. The van der Waals surface area contributed by atoms with Gasteiger partial charge < -0.3 is 24.3 Å². The summed E-state index contributed by atoms with van der Waals surface area (Å²) in [6.45, 7) is 6.37. The molecule has 1 amide bonds. The van der Waals surface area contributed by atoms with E-state index in [1.807, 2.05) is 0 Å². The van der Waals surface area contributed by atoms with Gasteiger partial charge in [-0.05, 0) is 30.8 Å². The second-order valence-corrected chi connectivity index (χ2v) is 6.49. The molecule has 0 bridgehead atoms. The number of amides is 1. The van der Waals surface area contributed by atoms with Crippen LogP contribution in [0, 0.1) is 10.1 Å². The zero-order valence-electron chi connectivity index (χ0n) is 16.2. The maximum atomic E-state index is 12.6. The van der Waals surface area contributed by atoms with Crippen LogP contribution in [0.2, 0.25) is 0 Å². The molecule has 154 valence electrons. The molecule has 0 unspecified atom stereocenters. The van der Waals surface area contributed by atoms with Crippen LogP contribution < -0.4 is 10.2 Å². The Bertz CT molecular complexity index is 917. The molecule has 0 saturated carbocycles. The van der Waals surface area contributed by atoms with E-state index >= 15 is 0 Å². The normalized spacial score (nSPS) is 14.5. The fourth-order valence-electron chi connectivity index (χ4n) is 3.19. The van der Waals surface area contributed by atoms with Gasteiger partial charge in [0.05, 0.1) is 30.1 Å². The summed E-state index contributed by atoms with van der Waals surface area (Å²) in [5.74, 6) is -1.89. The minimum Gasteiger partial charge on any atom is -0.465 e. The number of nitrogens with one attached hydrogen (secondary N) is 1. The molecule has 1 saturated heterocycles. The molecule has 10 heteroatoms. The zero-order valence-corrected chi connectivity index (χ0v) is 16.2. The highest BCUT2D eigenvalue weighted by Gasteiger charge is 2.23. The average Bonchev–Trinajstić information content (AvgIpc) is 3.24. The molecule has 1 N–H and O–H groups in total. The Hall–Kier alpha value is -3.40. The van der Waals surface area contributed by atoms with Gasteiger partial charge in [0, 0.05) is 26.2 Å². The maximum Gasteiger partial charge on any atom is 0.433 e. The second kappa shape index (κ2) is 8.74. The Morgan fingerprint density at radius 1 is 1.21 bits per heavy atom. The molecule has 3 rings (SSSR count). The number of nitro groups is 1. The van der Waals surface area contributed by atoms with E-state index in [1.165, 1.54) is 19.2 Å². The van der Waals surface area contributed by atoms with Crippen molar-refractivity contribution in [3.05, 3.63) is 51.8 Å². The van der Waals surface area contributed by atoms with Crippen molar-refractivity contribution in [2.75, 3.05) is 50.1 Å². The third-order valence-electron chi connectivity index (χ3n) is 4.82. The van der Waals surface area contributed by atoms with Crippen molar-refractivity contribution in [1.29, 1.82) is 0 Å². The molecule has 2 aromatic rings. The van der Waals surface area contributed by atoms with Crippen molar-refractivity contribution in [3.63, 3.8) is 0 Å². The Morgan fingerprint density at radius 3 is 2.52 bits per heavy atom. The predicted molar refractivity (Wildman–Crippen MR) is 105 cm³/mol. The molecule has 10 nitrogen and oxygen atoms in total. The summed E-state index contributed by atoms with van der Waals surface area (Å²) in [4.78, 5) is 39.0. The van der Waals surface area contributed by atoms with E-state index < -0.39 is 22.7 Å². The van der Waals surface area contributed by atoms with Crippen molar-refractivity contribution in [2.24, 2.45) is 0 Å². The van der Waals surface area contributed by atoms with E-state index in [1.54, 1.807) is 12.1 Å². The van der Waals surface area contributed by atoms with Crippen LogP contribution in [0.3, 0.4) is 0 Å². The summed E-state index contributed by atoms with van der Waals surface area (Å²) in [5.41, 5.74) is 1.44. The van der Waals surface area contributed by atoms with Crippen molar-refractivity contribution >= 4 is 29.1 Å². The number of carbonyl (C=O) groups excluding carboxylic acids is 2. The van der Waals surface area contributed by atoms with Crippen LogP contribution in [-0.4, -0.2) is 61.5 Å². The molecule has 1 aromatic carbocycles. The number of ether oxygens (including phenoxy) is 1. The minimum absolute atomic E-state index is 0.193. The van der Waals surface area contributed by atoms with E-state index in [4.69, 9.17) is 9.15 Å². The highest BCUT2D eigenvalue weighted by Crippen LogP contribution is 2.29. The van der Waals surface area contributed by atoms with Crippen molar-refractivity contribution in [3.8, 4) is 0 Å². The Kier molecular flexibility index (Phi) is 6.13. The summed E-state index contributed by atoms with van der Waals surface area (Å²) >= 11 is 0. The molecular formula is C19H22N4O6. The van der Waals surface area contributed by atoms with Gasteiger partial charge in [0.15, 0.2) is 5.76 Å². The molecule has 0 aliphatic carbocycles. The first-order valence-electron chi connectivity index (χ1n) is 9.18. The third-order valence-corrected chi connectivity index (χ3v) is 4.82. The lowest BCUT2D eigenvalue weighted by Crippen LogP contribution is -2.46. The fraction of sp³-hybridized carbons (Fsp3) is 0.368. The van der Waals surface area contributed by atoms with Gasteiger partial charge in [-0.15, -0.1) is 0 Å². The molecule has 1 aliphatic rings. The number of furan rings is 1. The van der Waals surface area contributed by atoms with Crippen LogP contribution in [0.1, 0.15) is 27.8 Å². The van der Waals surface area contributed by atoms with Crippen molar-refractivity contribution < 1.29 is 23.7 Å². The minimum atomic E-state index is -0.715.